The predicted molar refractivity (Wildman–Crippen MR) is 80.9 cm³/mol. The first kappa shape index (κ1) is 12.9. The van der Waals surface area contributed by atoms with E-state index in [2.05, 4.69) is 12.1 Å². The van der Waals surface area contributed by atoms with Crippen molar-refractivity contribution in [2.24, 2.45) is 0 Å². The summed E-state index contributed by atoms with van der Waals surface area (Å²) >= 11 is 1.67. The summed E-state index contributed by atoms with van der Waals surface area (Å²) in [4.78, 5) is 1.21. The molecule has 0 bridgehead atoms. The van der Waals surface area contributed by atoms with Crippen LogP contribution < -0.4 is 0 Å². The summed E-state index contributed by atoms with van der Waals surface area (Å²) in [6.07, 6.45) is 0.116. The second-order valence-electron chi connectivity index (χ2n) is 5.24. The summed E-state index contributed by atoms with van der Waals surface area (Å²) < 4.78 is 18.9. The van der Waals surface area contributed by atoms with Crippen LogP contribution in [-0.4, -0.2) is 10.4 Å². The van der Waals surface area contributed by atoms with E-state index in [4.69, 9.17) is 4.42 Å². The van der Waals surface area contributed by atoms with Crippen LogP contribution in [0.5, 0.6) is 0 Å². The summed E-state index contributed by atoms with van der Waals surface area (Å²) in [5.74, 6) is 0.202. The van der Waals surface area contributed by atoms with Gasteiger partial charge in [0.2, 0.25) is 0 Å². The van der Waals surface area contributed by atoms with E-state index in [1.54, 1.807) is 23.9 Å². The van der Waals surface area contributed by atoms with Gasteiger partial charge < -0.3 is 9.52 Å². The molecule has 2 heterocycles. The highest BCUT2D eigenvalue weighted by atomic mass is 32.2. The summed E-state index contributed by atoms with van der Waals surface area (Å²) in [6, 6.07) is 14.3. The normalized spacial score (nSPS) is 18.9. The molecule has 0 fully saturated rings. The quantitative estimate of drug-likeness (QED) is 0.765. The van der Waals surface area contributed by atoms with E-state index in [9.17, 15) is 9.50 Å². The molecule has 106 valence electrons. The molecule has 2 nitrogen and oxygen atoms in total. The van der Waals surface area contributed by atoms with Crippen molar-refractivity contribution in [3.63, 3.8) is 0 Å². The van der Waals surface area contributed by atoms with Crippen molar-refractivity contribution < 1.29 is 13.9 Å². The standard InChI is InChI=1S/C17H13FO2S/c18-12-5-6-13-11(7-12)8-14(20-13)17(19)16-9-10-3-1-2-4-15(10)21-16/h1-8,16-17,19H,9H2. The Morgan fingerprint density at radius 2 is 2.05 bits per heavy atom. The summed E-state index contributed by atoms with van der Waals surface area (Å²) in [5, 5.41) is 11.3. The van der Waals surface area contributed by atoms with Gasteiger partial charge in [-0.25, -0.2) is 4.39 Å². The van der Waals surface area contributed by atoms with Gasteiger partial charge in [-0.05, 0) is 42.3 Å². The zero-order valence-electron chi connectivity index (χ0n) is 11.1. The molecule has 4 heteroatoms. The minimum atomic E-state index is -0.696. The Morgan fingerprint density at radius 1 is 1.19 bits per heavy atom. The third-order valence-corrected chi connectivity index (χ3v) is 5.19. The smallest absolute Gasteiger partial charge is 0.134 e. The Balaban J connectivity index is 1.64. The van der Waals surface area contributed by atoms with Crippen molar-refractivity contribution in [3.05, 3.63) is 65.7 Å². The molecular weight excluding hydrogens is 287 g/mol. The number of halogens is 1. The molecule has 1 aromatic heterocycles. The Bertz CT molecular complexity index is 786. The van der Waals surface area contributed by atoms with E-state index in [0.717, 1.165) is 6.42 Å². The first-order valence-electron chi connectivity index (χ1n) is 6.82. The minimum Gasteiger partial charge on any atom is -0.458 e. The minimum absolute atomic E-state index is 0.0350. The molecule has 0 saturated carbocycles. The lowest BCUT2D eigenvalue weighted by Gasteiger charge is -2.14. The first-order chi connectivity index (χ1) is 10.2. The highest BCUT2D eigenvalue weighted by Gasteiger charge is 2.31. The van der Waals surface area contributed by atoms with Gasteiger partial charge in [0.05, 0.1) is 0 Å². The topological polar surface area (TPSA) is 33.4 Å². The molecule has 3 aromatic rings. The number of hydrogen-bond acceptors (Lipinski definition) is 3. The van der Waals surface area contributed by atoms with Crippen LogP contribution in [0, 0.1) is 5.82 Å². The number of aliphatic hydroxyl groups is 1. The molecule has 2 aromatic carbocycles. The SMILES string of the molecule is OC(c1cc2cc(F)ccc2o1)C1Cc2ccccc2S1. The van der Waals surface area contributed by atoms with Gasteiger partial charge in [0, 0.05) is 15.5 Å². The number of thioether (sulfide) groups is 1. The van der Waals surface area contributed by atoms with Crippen LogP contribution in [0.15, 0.2) is 57.8 Å². The Hall–Kier alpha value is -1.78. The van der Waals surface area contributed by atoms with Gasteiger partial charge in [-0.2, -0.15) is 0 Å². The largest absolute Gasteiger partial charge is 0.458 e. The number of aliphatic hydroxyl groups excluding tert-OH is 1. The molecule has 2 unspecified atom stereocenters. The van der Waals surface area contributed by atoms with E-state index >= 15 is 0 Å². The van der Waals surface area contributed by atoms with Crippen molar-refractivity contribution in [1.29, 1.82) is 0 Å². The van der Waals surface area contributed by atoms with E-state index < -0.39 is 6.10 Å². The average Bonchev–Trinajstić information content (AvgIpc) is 3.09. The van der Waals surface area contributed by atoms with Crippen LogP contribution in [0.4, 0.5) is 4.39 Å². The molecule has 0 radical (unpaired) electrons. The average molecular weight is 300 g/mol. The number of fused-ring (bicyclic) bond motifs is 2. The molecule has 21 heavy (non-hydrogen) atoms. The van der Waals surface area contributed by atoms with E-state index in [1.165, 1.54) is 22.6 Å². The maximum atomic E-state index is 13.2. The monoisotopic (exact) mass is 300 g/mol. The van der Waals surface area contributed by atoms with Crippen molar-refractivity contribution >= 4 is 22.7 Å². The highest BCUT2D eigenvalue weighted by Crippen LogP contribution is 2.43. The summed E-state index contributed by atoms with van der Waals surface area (Å²) in [7, 11) is 0. The third-order valence-electron chi connectivity index (χ3n) is 3.81. The number of rotatable bonds is 2. The maximum absolute atomic E-state index is 13.2. The van der Waals surface area contributed by atoms with Gasteiger partial charge in [-0.15, -0.1) is 11.8 Å². The van der Waals surface area contributed by atoms with Gasteiger partial charge in [-0.1, -0.05) is 18.2 Å². The molecule has 0 spiro atoms. The van der Waals surface area contributed by atoms with Gasteiger partial charge in [0.25, 0.3) is 0 Å². The van der Waals surface area contributed by atoms with Gasteiger partial charge in [-0.3, -0.25) is 0 Å². The van der Waals surface area contributed by atoms with Crippen LogP contribution in [0.25, 0.3) is 11.0 Å². The summed E-state index contributed by atoms with van der Waals surface area (Å²) in [6.45, 7) is 0. The van der Waals surface area contributed by atoms with Crippen LogP contribution in [0.3, 0.4) is 0 Å². The van der Waals surface area contributed by atoms with Gasteiger partial charge in [0.1, 0.15) is 23.3 Å². The molecule has 0 saturated heterocycles. The number of benzene rings is 2. The zero-order valence-corrected chi connectivity index (χ0v) is 11.9. The third kappa shape index (κ3) is 2.24. The van der Waals surface area contributed by atoms with Crippen molar-refractivity contribution in [3.8, 4) is 0 Å². The lowest BCUT2D eigenvalue weighted by atomic mass is 10.1. The lowest BCUT2D eigenvalue weighted by Crippen LogP contribution is -2.13. The van der Waals surface area contributed by atoms with E-state index in [0.29, 0.717) is 16.7 Å². The molecule has 1 aliphatic rings. The lowest BCUT2D eigenvalue weighted by molar-refractivity contribution is 0.150. The Labute approximate surface area is 125 Å². The fourth-order valence-corrected chi connectivity index (χ4v) is 4.06. The van der Waals surface area contributed by atoms with Crippen LogP contribution in [-0.2, 0) is 6.42 Å². The maximum Gasteiger partial charge on any atom is 0.134 e. The molecule has 1 aliphatic heterocycles. The molecule has 2 atom stereocenters. The fourth-order valence-electron chi connectivity index (χ4n) is 2.75. The number of furan rings is 1. The highest BCUT2D eigenvalue weighted by molar-refractivity contribution is 8.00. The molecule has 0 aliphatic carbocycles. The molecular formula is C17H13FO2S. The van der Waals surface area contributed by atoms with E-state index in [1.807, 2.05) is 12.1 Å². The van der Waals surface area contributed by atoms with Gasteiger partial charge >= 0.3 is 0 Å². The second kappa shape index (κ2) is 4.90. The zero-order chi connectivity index (χ0) is 14.4. The van der Waals surface area contributed by atoms with Crippen LogP contribution >= 0.6 is 11.8 Å². The molecule has 1 N–H and O–H groups in total. The van der Waals surface area contributed by atoms with Crippen molar-refractivity contribution in [1.82, 2.24) is 0 Å². The van der Waals surface area contributed by atoms with Gasteiger partial charge in [0.15, 0.2) is 0 Å². The fraction of sp³-hybridized carbons (Fsp3) is 0.176. The Morgan fingerprint density at radius 3 is 2.90 bits per heavy atom. The van der Waals surface area contributed by atoms with Crippen LogP contribution in [0.2, 0.25) is 0 Å². The first-order valence-corrected chi connectivity index (χ1v) is 7.70. The summed E-state index contributed by atoms with van der Waals surface area (Å²) in [5.41, 5.74) is 1.86. The van der Waals surface area contributed by atoms with Crippen LogP contribution in [0.1, 0.15) is 17.4 Å². The second-order valence-corrected chi connectivity index (χ2v) is 6.52. The predicted octanol–water partition coefficient (Wildman–Crippen LogP) is 4.32. The van der Waals surface area contributed by atoms with Crippen molar-refractivity contribution in [2.45, 2.75) is 22.7 Å². The Kier molecular flexibility index (Phi) is 3.01. The van der Waals surface area contributed by atoms with E-state index in [-0.39, 0.29) is 11.1 Å². The molecule has 4 rings (SSSR count). The van der Waals surface area contributed by atoms with Crippen molar-refractivity contribution in [2.75, 3.05) is 0 Å². The molecule has 0 amide bonds. The number of hydrogen-bond donors (Lipinski definition) is 1.